The Balaban J connectivity index is 2.23. The lowest BCUT2D eigenvalue weighted by atomic mass is 9.82. The molecule has 1 aromatic carbocycles. The van der Waals surface area contributed by atoms with Gasteiger partial charge in [0.05, 0.1) is 0 Å². The van der Waals surface area contributed by atoms with Crippen molar-refractivity contribution in [3.63, 3.8) is 0 Å². The summed E-state index contributed by atoms with van der Waals surface area (Å²) in [6.45, 7) is 9.12. The molecule has 0 spiro atoms. The number of anilines is 2. The van der Waals surface area contributed by atoms with Crippen molar-refractivity contribution in [1.29, 1.82) is 0 Å². The van der Waals surface area contributed by atoms with Gasteiger partial charge >= 0.3 is 0 Å². The van der Waals surface area contributed by atoms with Gasteiger partial charge in [0.25, 0.3) is 0 Å². The number of benzene rings is 1. The van der Waals surface area contributed by atoms with Crippen LogP contribution in [0.5, 0.6) is 0 Å². The van der Waals surface area contributed by atoms with E-state index < -0.39 is 0 Å². The molecule has 1 saturated heterocycles. The summed E-state index contributed by atoms with van der Waals surface area (Å²) in [5.74, 6) is 0. The van der Waals surface area contributed by atoms with Crippen molar-refractivity contribution < 1.29 is 0 Å². The van der Waals surface area contributed by atoms with E-state index in [0.717, 1.165) is 5.69 Å². The van der Waals surface area contributed by atoms with Crippen molar-refractivity contribution in [1.82, 2.24) is 0 Å². The second-order valence-corrected chi connectivity index (χ2v) is 5.37. The lowest BCUT2D eigenvalue weighted by molar-refractivity contribution is 0.301. The molecule has 2 heteroatoms. The first-order valence-corrected chi connectivity index (χ1v) is 6.72. The molecule has 2 N–H and O–H groups in total. The lowest BCUT2D eigenvalue weighted by Crippen LogP contribution is -2.26. The van der Waals surface area contributed by atoms with Crippen molar-refractivity contribution in [3.8, 4) is 0 Å². The van der Waals surface area contributed by atoms with Gasteiger partial charge in [0, 0.05) is 24.5 Å². The summed E-state index contributed by atoms with van der Waals surface area (Å²) in [4.78, 5) is 2.51. The van der Waals surface area contributed by atoms with Crippen LogP contribution in [-0.2, 0) is 0 Å². The first-order valence-electron chi connectivity index (χ1n) is 6.72. The number of nitrogen functional groups attached to an aromatic ring is 1. The monoisotopic (exact) mass is 232 g/mol. The van der Waals surface area contributed by atoms with E-state index >= 15 is 0 Å². The molecule has 2 nitrogen and oxygen atoms in total. The van der Waals surface area contributed by atoms with Crippen LogP contribution >= 0.6 is 0 Å². The van der Waals surface area contributed by atoms with Gasteiger partial charge in [-0.05, 0) is 49.3 Å². The summed E-state index contributed by atoms with van der Waals surface area (Å²) in [5, 5.41) is 0. The quantitative estimate of drug-likeness (QED) is 0.807. The summed E-state index contributed by atoms with van der Waals surface area (Å²) in [5.41, 5.74) is 9.99. The summed E-state index contributed by atoms with van der Waals surface area (Å²) < 4.78 is 0. The molecule has 2 rings (SSSR count). The Morgan fingerprint density at radius 2 is 2.00 bits per heavy atom. The molecule has 0 aromatic heterocycles. The highest BCUT2D eigenvalue weighted by Crippen LogP contribution is 2.40. The van der Waals surface area contributed by atoms with Crippen molar-refractivity contribution in [3.05, 3.63) is 23.8 Å². The predicted octanol–water partition coefficient (Wildman–Crippen LogP) is 3.59. The van der Waals surface area contributed by atoms with Crippen LogP contribution in [0.15, 0.2) is 18.2 Å². The molecule has 0 amide bonds. The van der Waals surface area contributed by atoms with Gasteiger partial charge in [-0.25, -0.2) is 0 Å². The van der Waals surface area contributed by atoms with Crippen LogP contribution < -0.4 is 10.6 Å². The van der Waals surface area contributed by atoms with Crippen LogP contribution in [0.1, 0.15) is 38.7 Å². The molecule has 1 aromatic rings. The second kappa shape index (κ2) is 4.59. The molecule has 1 heterocycles. The minimum Gasteiger partial charge on any atom is -0.398 e. The van der Waals surface area contributed by atoms with Gasteiger partial charge in [-0.2, -0.15) is 0 Å². The normalized spacial score (nSPS) is 18.6. The maximum atomic E-state index is 5.99. The van der Waals surface area contributed by atoms with Crippen LogP contribution in [0.2, 0.25) is 0 Å². The van der Waals surface area contributed by atoms with Crippen LogP contribution in [0, 0.1) is 12.3 Å². The SMILES string of the molecule is CCC1(CC)CCN(c2cccc(N)c2C)C1. The third-order valence-electron chi connectivity index (χ3n) is 4.63. The Morgan fingerprint density at radius 1 is 1.29 bits per heavy atom. The number of hydrogen-bond donors (Lipinski definition) is 1. The van der Waals surface area contributed by atoms with Gasteiger partial charge in [0.1, 0.15) is 0 Å². The Hall–Kier alpha value is -1.18. The van der Waals surface area contributed by atoms with E-state index in [1.807, 2.05) is 6.07 Å². The van der Waals surface area contributed by atoms with Gasteiger partial charge in [-0.3, -0.25) is 0 Å². The zero-order valence-corrected chi connectivity index (χ0v) is 11.3. The third kappa shape index (κ3) is 2.13. The zero-order chi connectivity index (χ0) is 12.5. The molecule has 0 unspecified atom stereocenters. The predicted molar refractivity (Wildman–Crippen MR) is 75.4 cm³/mol. The number of nitrogens with two attached hydrogens (primary N) is 1. The molecule has 0 bridgehead atoms. The summed E-state index contributed by atoms with van der Waals surface area (Å²) in [6.07, 6.45) is 3.87. The van der Waals surface area contributed by atoms with E-state index in [9.17, 15) is 0 Å². The van der Waals surface area contributed by atoms with Crippen molar-refractivity contribution in [2.45, 2.75) is 40.0 Å². The van der Waals surface area contributed by atoms with Crippen molar-refractivity contribution >= 4 is 11.4 Å². The van der Waals surface area contributed by atoms with Gasteiger partial charge in [0.15, 0.2) is 0 Å². The number of nitrogens with zero attached hydrogens (tertiary/aromatic N) is 1. The lowest BCUT2D eigenvalue weighted by Gasteiger charge is -2.28. The van der Waals surface area contributed by atoms with Crippen LogP contribution in [0.25, 0.3) is 0 Å². The molecule has 0 saturated carbocycles. The molecule has 1 aliphatic rings. The van der Waals surface area contributed by atoms with E-state index in [-0.39, 0.29) is 0 Å². The fourth-order valence-corrected chi connectivity index (χ4v) is 2.95. The Labute approximate surface area is 105 Å². The fourth-order valence-electron chi connectivity index (χ4n) is 2.95. The first kappa shape index (κ1) is 12.3. The highest BCUT2D eigenvalue weighted by Gasteiger charge is 2.35. The molecule has 0 radical (unpaired) electrons. The Bertz CT molecular complexity index is 394. The van der Waals surface area contributed by atoms with Crippen molar-refractivity contribution in [2.24, 2.45) is 5.41 Å². The van der Waals surface area contributed by atoms with Gasteiger partial charge in [0.2, 0.25) is 0 Å². The second-order valence-electron chi connectivity index (χ2n) is 5.37. The van der Waals surface area contributed by atoms with Gasteiger partial charge in [-0.1, -0.05) is 19.9 Å². The molecular formula is C15H24N2. The van der Waals surface area contributed by atoms with Crippen molar-refractivity contribution in [2.75, 3.05) is 23.7 Å². The van der Waals surface area contributed by atoms with E-state index in [1.165, 1.54) is 43.6 Å². The highest BCUT2D eigenvalue weighted by molar-refractivity contribution is 5.64. The average Bonchev–Trinajstić information content (AvgIpc) is 2.78. The summed E-state index contributed by atoms with van der Waals surface area (Å²) in [6, 6.07) is 6.25. The van der Waals surface area contributed by atoms with Gasteiger partial charge in [-0.15, -0.1) is 0 Å². The third-order valence-corrected chi connectivity index (χ3v) is 4.63. The largest absolute Gasteiger partial charge is 0.398 e. The number of rotatable bonds is 3. The van der Waals surface area contributed by atoms with Crippen LogP contribution in [0.3, 0.4) is 0 Å². The Morgan fingerprint density at radius 3 is 2.59 bits per heavy atom. The molecule has 0 atom stereocenters. The fraction of sp³-hybridized carbons (Fsp3) is 0.600. The number of hydrogen-bond acceptors (Lipinski definition) is 2. The van der Waals surface area contributed by atoms with Crippen LogP contribution in [0.4, 0.5) is 11.4 Å². The topological polar surface area (TPSA) is 29.3 Å². The molecule has 0 aliphatic carbocycles. The molecule has 1 fully saturated rings. The van der Waals surface area contributed by atoms with Crippen LogP contribution in [-0.4, -0.2) is 13.1 Å². The van der Waals surface area contributed by atoms with Gasteiger partial charge < -0.3 is 10.6 Å². The molecule has 1 aliphatic heterocycles. The molecular weight excluding hydrogens is 208 g/mol. The minimum atomic E-state index is 0.525. The Kier molecular flexibility index (Phi) is 3.32. The molecule has 17 heavy (non-hydrogen) atoms. The first-order chi connectivity index (χ1) is 8.12. The van der Waals surface area contributed by atoms with E-state index in [1.54, 1.807) is 0 Å². The van der Waals surface area contributed by atoms with E-state index in [4.69, 9.17) is 5.73 Å². The smallest absolute Gasteiger partial charge is 0.0416 e. The minimum absolute atomic E-state index is 0.525. The zero-order valence-electron chi connectivity index (χ0n) is 11.3. The molecule has 94 valence electrons. The maximum Gasteiger partial charge on any atom is 0.0416 e. The van der Waals surface area contributed by atoms with E-state index in [0.29, 0.717) is 5.41 Å². The average molecular weight is 232 g/mol. The highest BCUT2D eigenvalue weighted by atomic mass is 15.2. The maximum absolute atomic E-state index is 5.99. The summed E-state index contributed by atoms with van der Waals surface area (Å²) >= 11 is 0. The summed E-state index contributed by atoms with van der Waals surface area (Å²) in [7, 11) is 0. The standard InChI is InChI=1S/C15H24N2/c1-4-15(5-2)9-10-17(11-15)14-8-6-7-13(16)12(14)3/h6-8H,4-5,9-11,16H2,1-3H3. The van der Waals surface area contributed by atoms with E-state index in [2.05, 4.69) is 37.8 Å².